The zero-order chi connectivity index (χ0) is 14.0. The Balaban J connectivity index is 4.33. The molecule has 1 amide bonds. The van der Waals surface area contributed by atoms with Crippen molar-refractivity contribution in [3.8, 4) is 0 Å². The van der Waals surface area contributed by atoms with Gasteiger partial charge in [-0.25, -0.2) is 0 Å². The molecule has 0 aromatic carbocycles. The van der Waals surface area contributed by atoms with Gasteiger partial charge in [-0.3, -0.25) is 4.79 Å². The molecule has 0 saturated heterocycles. The summed E-state index contributed by atoms with van der Waals surface area (Å²) in [6.07, 6.45) is 0.167. The number of carbonyl (C=O) groups excluding carboxylic acids is 1. The summed E-state index contributed by atoms with van der Waals surface area (Å²) in [6.45, 7) is 8.97. The van der Waals surface area contributed by atoms with Crippen LogP contribution in [-0.4, -0.2) is 56.9 Å². The second-order valence-corrected chi connectivity index (χ2v) is 4.74. The largest absolute Gasteiger partial charge is 0.383 e. The molecule has 0 radical (unpaired) electrons. The lowest BCUT2D eigenvalue weighted by molar-refractivity contribution is -0.135. The fourth-order valence-electron chi connectivity index (χ4n) is 1.73. The van der Waals surface area contributed by atoms with Crippen LogP contribution in [0.2, 0.25) is 0 Å². The van der Waals surface area contributed by atoms with Crippen molar-refractivity contribution in [2.75, 3.05) is 40.0 Å². The molecule has 5 heteroatoms. The number of carbonyl (C=O) groups is 1. The zero-order valence-electron chi connectivity index (χ0n) is 12.1. The number of methoxy groups -OCH3 is 1. The van der Waals surface area contributed by atoms with Crippen molar-refractivity contribution in [2.24, 2.45) is 11.7 Å². The van der Waals surface area contributed by atoms with Crippen LogP contribution in [0.1, 0.15) is 27.2 Å². The van der Waals surface area contributed by atoms with E-state index >= 15 is 0 Å². The first-order valence-corrected chi connectivity index (χ1v) is 6.63. The standard InChI is InChI=1S/C13H28N2O3/c1-5-18-12(9-14)8-13(16)15(6-7-17-4)10-11(2)3/h11-12H,5-10,14H2,1-4H3. The molecule has 0 bridgehead atoms. The maximum absolute atomic E-state index is 12.2. The third-order valence-electron chi connectivity index (χ3n) is 2.57. The summed E-state index contributed by atoms with van der Waals surface area (Å²) in [5, 5.41) is 0. The van der Waals surface area contributed by atoms with Gasteiger partial charge in [-0.15, -0.1) is 0 Å². The predicted molar refractivity (Wildman–Crippen MR) is 72.4 cm³/mol. The number of nitrogens with zero attached hydrogens (tertiary/aromatic N) is 1. The molecule has 2 N–H and O–H groups in total. The van der Waals surface area contributed by atoms with Gasteiger partial charge in [-0.2, -0.15) is 0 Å². The Bertz CT molecular complexity index is 222. The van der Waals surface area contributed by atoms with Gasteiger partial charge in [0.2, 0.25) is 5.91 Å². The van der Waals surface area contributed by atoms with Gasteiger partial charge in [0.15, 0.2) is 0 Å². The molecule has 0 aliphatic carbocycles. The summed E-state index contributed by atoms with van der Waals surface area (Å²) in [4.78, 5) is 14.0. The zero-order valence-corrected chi connectivity index (χ0v) is 12.1. The Hall–Kier alpha value is -0.650. The number of rotatable bonds is 10. The van der Waals surface area contributed by atoms with Gasteiger partial charge < -0.3 is 20.1 Å². The van der Waals surface area contributed by atoms with Gasteiger partial charge in [0.25, 0.3) is 0 Å². The molecular weight excluding hydrogens is 232 g/mol. The van der Waals surface area contributed by atoms with E-state index in [1.165, 1.54) is 0 Å². The average molecular weight is 260 g/mol. The highest BCUT2D eigenvalue weighted by atomic mass is 16.5. The van der Waals surface area contributed by atoms with Crippen LogP contribution in [0, 0.1) is 5.92 Å². The Labute approximate surface area is 111 Å². The number of ether oxygens (including phenoxy) is 2. The third kappa shape index (κ3) is 7.63. The second kappa shape index (κ2) is 10.3. The van der Waals surface area contributed by atoms with E-state index < -0.39 is 0 Å². The fraction of sp³-hybridized carbons (Fsp3) is 0.923. The van der Waals surface area contributed by atoms with Crippen molar-refractivity contribution in [1.82, 2.24) is 4.90 Å². The summed E-state index contributed by atoms with van der Waals surface area (Å²) in [5.41, 5.74) is 5.59. The lowest BCUT2D eigenvalue weighted by Crippen LogP contribution is -2.40. The first-order chi connectivity index (χ1) is 8.54. The molecule has 1 unspecified atom stereocenters. The van der Waals surface area contributed by atoms with Crippen LogP contribution in [0.25, 0.3) is 0 Å². The molecule has 108 valence electrons. The minimum absolute atomic E-state index is 0.0876. The normalized spacial score (nSPS) is 12.8. The molecule has 0 heterocycles. The van der Waals surface area contributed by atoms with Crippen molar-refractivity contribution in [3.63, 3.8) is 0 Å². The number of amides is 1. The van der Waals surface area contributed by atoms with Crippen LogP contribution in [-0.2, 0) is 14.3 Å². The van der Waals surface area contributed by atoms with Gasteiger partial charge in [-0.05, 0) is 12.8 Å². The van der Waals surface area contributed by atoms with Gasteiger partial charge in [0.1, 0.15) is 0 Å². The van der Waals surface area contributed by atoms with Crippen LogP contribution in [0.5, 0.6) is 0 Å². The Morgan fingerprint density at radius 3 is 2.50 bits per heavy atom. The molecular formula is C13H28N2O3. The van der Waals surface area contributed by atoms with Crippen molar-refractivity contribution in [3.05, 3.63) is 0 Å². The van der Waals surface area contributed by atoms with Crippen LogP contribution >= 0.6 is 0 Å². The maximum Gasteiger partial charge on any atom is 0.225 e. The SMILES string of the molecule is CCOC(CN)CC(=O)N(CCOC)CC(C)C. The summed E-state index contributed by atoms with van der Waals surface area (Å²) < 4.78 is 10.5. The molecule has 0 aliphatic heterocycles. The topological polar surface area (TPSA) is 64.8 Å². The summed E-state index contributed by atoms with van der Waals surface area (Å²) in [5.74, 6) is 0.527. The monoisotopic (exact) mass is 260 g/mol. The first kappa shape index (κ1) is 17.4. The van der Waals surface area contributed by atoms with E-state index in [9.17, 15) is 4.79 Å². The highest BCUT2D eigenvalue weighted by Gasteiger charge is 2.19. The smallest absolute Gasteiger partial charge is 0.225 e. The van der Waals surface area contributed by atoms with Gasteiger partial charge in [0.05, 0.1) is 19.1 Å². The fourth-order valence-corrected chi connectivity index (χ4v) is 1.73. The maximum atomic E-state index is 12.2. The molecule has 0 fully saturated rings. The number of hydrogen-bond donors (Lipinski definition) is 1. The van der Waals surface area contributed by atoms with Crippen molar-refractivity contribution in [1.29, 1.82) is 0 Å². The Morgan fingerprint density at radius 1 is 1.39 bits per heavy atom. The van der Waals surface area contributed by atoms with E-state index in [-0.39, 0.29) is 12.0 Å². The van der Waals surface area contributed by atoms with E-state index in [1.54, 1.807) is 7.11 Å². The molecule has 0 spiro atoms. The van der Waals surface area contributed by atoms with E-state index in [2.05, 4.69) is 13.8 Å². The highest BCUT2D eigenvalue weighted by molar-refractivity contribution is 5.76. The van der Waals surface area contributed by atoms with E-state index in [0.29, 0.717) is 38.6 Å². The minimum atomic E-state index is -0.181. The van der Waals surface area contributed by atoms with Crippen LogP contribution < -0.4 is 5.73 Å². The lowest BCUT2D eigenvalue weighted by atomic mass is 10.1. The van der Waals surface area contributed by atoms with Crippen LogP contribution in [0.3, 0.4) is 0 Å². The highest BCUT2D eigenvalue weighted by Crippen LogP contribution is 2.05. The molecule has 0 aliphatic rings. The quantitative estimate of drug-likeness (QED) is 0.633. The van der Waals surface area contributed by atoms with Crippen molar-refractivity contribution >= 4 is 5.91 Å². The van der Waals surface area contributed by atoms with E-state index in [4.69, 9.17) is 15.2 Å². The Morgan fingerprint density at radius 2 is 2.06 bits per heavy atom. The molecule has 0 aromatic rings. The third-order valence-corrected chi connectivity index (χ3v) is 2.57. The summed E-state index contributed by atoms with van der Waals surface area (Å²) in [6, 6.07) is 0. The number of nitrogens with two attached hydrogens (primary N) is 1. The second-order valence-electron chi connectivity index (χ2n) is 4.74. The van der Waals surface area contributed by atoms with E-state index in [1.807, 2.05) is 11.8 Å². The van der Waals surface area contributed by atoms with Gasteiger partial charge in [0, 0.05) is 33.4 Å². The molecule has 0 aromatic heterocycles. The molecule has 0 saturated carbocycles. The minimum Gasteiger partial charge on any atom is -0.383 e. The average Bonchev–Trinajstić information content (AvgIpc) is 2.33. The molecule has 18 heavy (non-hydrogen) atoms. The summed E-state index contributed by atoms with van der Waals surface area (Å²) >= 11 is 0. The lowest BCUT2D eigenvalue weighted by Gasteiger charge is -2.26. The van der Waals surface area contributed by atoms with E-state index in [0.717, 1.165) is 6.54 Å². The predicted octanol–water partition coefficient (Wildman–Crippen LogP) is 0.871. The van der Waals surface area contributed by atoms with Crippen molar-refractivity contribution in [2.45, 2.75) is 33.3 Å². The molecule has 1 atom stereocenters. The molecule has 0 rings (SSSR count). The first-order valence-electron chi connectivity index (χ1n) is 6.63. The molecule has 5 nitrogen and oxygen atoms in total. The number of hydrogen-bond acceptors (Lipinski definition) is 4. The summed E-state index contributed by atoms with van der Waals surface area (Å²) in [7, 11) is 1.64. The van der Waals surface area contributed by atoms with Crippen LogP contribution in [0.4, 0.5) is 0 Å². The van der Waals surface area contributed by atoms with Crippen molar-refractivity contribution < 1.29 is 14.3 Å². The van der Waals surface area contributed by atoms with Gasteiger partial charge in [-0.1, -0.05) is 13.8 Å². The Kier molecular flexibility index (Phi) is 9.92. The van der Waals surface area contributed by atoms with Gasteiger partial charge >= 0.3 is 0 Å². The van der Waals surface area contributed by atoms with Crippen LogP contribution in [0.15, 0.2) is 0 Å².